The van der Waals surface area contributed by atoms with Gasteiger partial charge in [0.2, 0.25) is 0 Å². The lowest BCUT2D eigenvalue weighted by Gasteiger charge is -2.40. The summed E-state index contributed by atoms with van der Waals surface area (Å²) >= 11 is 0. The number of allylic oxidation sites excluding steroid dienone is 1. The number of carbonyl (C=O) groups excluding carboxylic acids is 1. The third kappa shape index (κ3) is 5.65. The second-order valence-corrected chi connectivity index (χ2v) is 7.16. The summed E-state index contributed by atoms with van der Waals surface area (Å²) in [5.41, 5.74) is -0.968. The van der Waals surface area contributed by atoms with Crippen LogP contribution in [0.15, 0.2) is 12.7 Å². The largest absolute Gasteiger partial charge is 0.380 e. The van der Waals surface area contributed by atoms with E-state index in [1.807, 2.05) is 26.8 Å². The fraction of sp³-hybridized carbons (Fsp3) is 0.812. The molecule has 0 spiro atoms. The van der Waals surface area contributed by atoms with Crippen molar-refractivity contribution in [2.24, 2.45) is 16.7 Å². The number of ketones is 1. The van der Waals surface area contributed by atoms with Gasteiger partial charge in [0.05, 0.1) is 11.5 Å². The zero-order valence-electron chi connectivity index (χ0n) is 14.0. The molecule has 0 aliphatic rings. The Morgan fingerprint density at radius 3 is 2.00 bits per heavy atom. The maximum atomic E-state index is 12.9. The first-order valence-electron chi connectivity index (χ1n) is 6.99. The second kappa shape index (κ2) is 10.1. The van der Waals surface area contributed by atoms with Crippen LogP contribution in [0.25, 0.3) is 0 Å². The summed E-state index contributed by atoms with van der Waals surface area (Å²) in [6, 6.07) is 0. The Hall–Kier alpha value is 0.150. The maximum Gasteiger partial charge on any atom is 0.175 e. The lowest BCUT2D eigenvalue weighted by molar-refractivity contribution is -0.153. The minimum atomic E-state index is -0.788. The molecule has 0 aromatic carbocycles. The molecule has 0 saturated heterocycles. The summed E-state index contributed by atoms with van der Waals surface area (Å²) < 4.78 is 16.0. The van der Waals surface area contributed by atoms with Gasteiger partial charge in [-0.1, -0.05) is 34.3 Å². The molecule has 6 heteroatoms. The van der Waals surface area contributed by atoms with Crippen LogP contribution >= 0.6 is 18.9 Å². The van der Waals surface area contributed by atoms with E-state index in [4.69, 9.17) is 13.8 Å². The first-order chi connectivity index (χ1) is 9.59. The van der Waals surface area contributed by atoms with Gasteiger partial charge in [0.1, 0.15) is 5.78 Å². The van der Waals surface area contributed by atoms with Crippen molar-refractivity contribution >= 4 is 24.7 Å². The summed E-state index contributed by atoms with van der Waals surface area (Å²) in [7, 11) is 5.93. The molecule has 0 radical (unpaired) electrons. The number of Topliss-reactive ketones (excluding diaryl/α,β-unsaturated/α-hetero) is 1. The number of ether oxygens (including phenoxy) is 1. The van der Waals surface area contributed by atoms with E-state index < -0.39 is 11.7 Å². The van der Waals surface area contributed by atoms with Crippen molar-refractivity contribution in [1.82, 2.24) is 0 Å². The standard InChI is InChI=1S/C15H30O4P2.CH4/c1-8-9-14(3,4)12(17-7)10(2)11(16)15(5,6)13(18-20)19-21;/h8,10,12-13H,1,9,20-21H2,2-7H3;1H4/t10-,12?;/m0./s1. The lowest BCUT2D eigenvalue weighted by atomic mass is 9.71. The van der Waals surface area contributed by atoms with Gasteiger partial charge in [-0.05, 0) is 25.7 Å². The molecule has 0 heterocycles. The maximum absolute atomic E-state index is 12.9. The Labute approximate surface area is 141 Å². The third-order valence-electron chi connectivity index (χ3n) is 4.03. The van der Waals surface area contributed by atoms with Gasteiger partial charge in [0.15, 0.2) is 6.29 Å². The van der Waals surface area contributed by atoms with Gasteiger partial charge in [-0.3, -0.25) is 4.79 Å². The molecule has 4 nitrogen and oxygen atoms in total. The van der Waals surface area contributed by atoms with Crippen LogP contribution in [-0.2, 0) is 18.6 Å². The van der Waals surface area contributed by atoms with Crippen LogP contribution in [0.2, 0.25) is 0 Å². The van der Waals surface area contributed by atoms with Crippen LogP contribution in [0, 0.1) is 16.7 Å². The molecule has 132 valence electrons. The molecule has 0 N–H and O–H groups in total. The molecule has 0 aromatic heterocycles. The SMILES string of the molecule is C.C=CCC(C)(C)C(OC)[C@@H](C)C(=O)C(C)(C)C(OP)OP. The van der Waals surface area contributed by atoms with Crippen LogP contribution in [0.1, 0.15) is 48.5 Å². The summed E-state index contributed by atoms with van der Waals surface area (Å²) in [5, 5.41) is 0. The molecule has 22 heavy (non-hydrogen) atoms. The predicted molar refractivity (Wildman–Crippen MR) is 99.5 cm³/mol. The second-order valence-electron chi connectivity index (χ2n) is 6.62. The van der Waals surface area contributed by atoms with Crippen molar-refractivity contribution in [1.29, 1.82) is 0 Å². The zero-order chi connectivity index (χ0) is 16.8. The Bertz CT molecular complexity index is 352. The predicted octanol–water partition coefficient (Wildman–Crippen LogP) is 4.41. The molecule has 0 aliphatic carbocycles. The van der Waals surface area contributed by atoms with Gasteiger partial charge in [-0.2, -0.15) is 0 Å². The number of methoxy groups -OCH3 is 1. The van der Waals surface area contributed by atoms with Gasteiger partial charge in [0, 0.05) is 32.0 Å². The lowest BCUT2D eigenvalue weighted by Crippen LogP contribution is -2.48. The quantitative estimate of drug-likeness (QED) is 0.332. The van der Waals surface area contributed by atoms with E-state index in [1.165, 1.54) is 0 Å². The average molecular weight is 352 g/mol. The van der Waals surface area contributed by atoms with Crippen molar-refractivity contribution in [2.75, 3.05) is 7.11 Å². The highest BCUT2D eigenvalue weighted by Crippen LogP contribution is 2.38. The van der Waals surface area contributed by atoms with Crippen molar-refractivity contribution in [3.8, 4) is 0 Å². The van der Waals surface area contributed by atoms with Gasteiger partial charge < -0.3 is 13.8 Å². The molecule has 0 rings (SSSR count). The number of rotatable bonds is 10. The minimum Gasteiger partial charge on any atom is -0.380 e. The first-order valence-corrected chi connectivity index (χ1v) is 7.93. The Balaban J connectivity index is 0. The molecule has 0 amide bonds. The van der Waals surface area contributed by atoms with Crippen LogP contribution in [-0.4, -0.2) is 25.3 Å². The molecule has 0 bridgehead atoms. The number of hydrogen-bond acceptors (Lipinski definition) is 4. The monoisotopic (exact) mass is 352 g/mol. The van der Waals surface area contributed by atoms with Gasteiger partial charge >= 0.3 is 0 Å². The normalized spacial score (nSPS) is 15.1. The van der Waals surface area contributed by atoms with E-state index in [-0.39, 0.29) is 30.6 Å². The summed E-state index contributed by atoms with van der Waals surface area (Å²) in [5.74, 6) is -0.246. The van der Waals surface area contributed by atoms with Crippen LogP contribution < -0.4 is 0 Å². The van der Waals surface area contributed by atoms with E-state index >= 15 is 0 Å². The van der Waals surface area contributed by atoms with Gasteiger partial charge in [-0.25, -0.2) is 0 Å². The molecule has 4 atom stereocenters. The summed E-state index contributed by atoms with van der Waals surface area (Å²) in [6.45, 7) is 13.5. The molecular weight excluding hydrogens is 318 g/mol. The van der Waals surface area contributed by atoms with E-state index in [9.17, 15) is 4.79 Å². The van der Waals surface area contributed by atoms with Crippen LogP contribution in [0.5, 0.6) is 0 Å². The summed E-state index contributed by atoms with van der Waals surface area (Å²) in [6.07, 6.45) is 1.77. The number of hydrogen-bond donors (Lipinski definition) is 0. The number of carbonyl (C=O) groups is 1. The van der Waals surface area contributed by atoms with E-state index in [2.05, 4.69) is 39.4 Å². The van der Waals surface area contributed by atoms with Gasteiger partial charge in [-0.15, -0.1) is 6.58 Å². The zero-order valence-corrected chi connectivity index (χ0v) is 16.3. The molecule has 0 aliphatic heterocycles. The van der Waals surface area contributed by atoms with Crippen LogP contribution in [0.3, 0.4) is 0 Å². The average Bonchev–Trinajstić information content (AvgIpc) is 2.38. The summed E-state index contributed by atoms with van der Waals surface area (Å²) in [4.78, 5) is 12.9. The smallest absolute Gasteiger partial charge is 0.175 e. The minimum absolute atomic E-state index is 0. The van der Waals surface area contributed by atoms with Crippen molar-refractivity contribution in [2.45, 2.75) is 60.9 Å². The highest BCUT2D eigenvalue weighted by Gasteiger charge is 2.45. The van der Waals surface area contributed by atoms with Crippen molar-refractivity contribution in [3.63, 3.8) is 0 Å². The van der Waals surface area contributed by atoms with E-state index in [1.54, 1.807) is 7.11 Å². The first kappa shape index (κ1) is 24.4. The van der Waals surface area contributed by atoms with Gasteiger partial charge in [0.25, 0.3) is 0 Å². The van der Waals surface area contributed by atoms with E-state index in [0.29, 0.717) is 0 Å². The molecule has 3 unspecified atom stereocenters. The highest BCUT2D eigenvalue weighted by atomic mass is 31.0. The Morgan fingerprint density at radius 1 is 1.23 bits per heavy atom. The van der Waals surface area contributed by atoms with Crippen molar-refractivity contribution < 1.29 is 18.6 Å². The fourth-order valence-corrected chi connectivity index (χ4v) is 3.84. The van der Waals surface area contributed by atoms with E-state index in [0.717, 1.165) is 6.42 Å². The van der Waals surface area contributed by atoms with Crippen LogP contribution in [0.4, 0.5) is 0 Å². The highest BCUT2D eigenvalue weighted by molar-refractivity contribution is 7.10. The Morgan fingerprint density at radius 2 is 1.68 bits per heavy atom. The molecule has 0 fully saturated rings. The molecular formula is C16H34O4P2. The topological polar surface area (TPSA) is 44.8 Å². The Kier molecular flexibility index (Phi) is 11.2. The third-order valence-corrected chi connectivity index (χ3v) is 4.53. The van der Waals surface area contributed by atoms with Crippen molar-refractivity contribution in [3.05, 3.63) is 12.7 Å². The molecule has 0 saturated carbocycles. The molecule has 0 aromatic rings. The fourth-order valence-electron chi connectivity index (χ4n) is 2.90.